The van der Waals surface area contributed by atoms with E-state index >= 15 is 0 Å². The Hall–Kier alpha value is -1.40. The highest BCUT2D eigenvalue weighted by atomic mass is 32.1. The summed E-state index contributed by atoms with van der Waals surface area (Å²) in [5.74, 6) is -0.609. The summed E-state index contributed by atoms with van der Waals surface area (Å²) in [6.45, 7) is 6.15. The number of ether oxygens (including phenoxy) is 1. The van der Waals surface area contributed by atoms with Crippen molar-refractivity contribution in [3.8, 4) is 0 Å². The first-order valence-corrected chi connectivity index (χ1v) is 7.53. The fourth-order valence-electron chi connectivity index (χ4n) is 2.10. The average molecular weight is 297 g/mol. The van der Waals surface area contributed by atoms with Gasteiger partial charge in [-0.05, 0) is 24.5 Å². The molecule has 1 atom stereocenters. The second-order valence-corrected chi connectivity index (χ2v) is 6.44. The molecule has 1 aliphatic rings. The van der Waals surface area contributed by atoms with Crippen LogP contribution < -0.4 is 0 Å². The molecule has 5 nitrogen and oxygen atoms in total. The fraction of sp³-hybridized carbons (Fsp3) is 0.571. The van der Waals surface area contributed by atoms with Gasteiger partial charge in [-0.2, -0.15) is 0 Å². The normalized spacial score (nSPS) is 18.8. The molecule has 1 amide bonds. The van der Waals surface area contributed by atoms with Crippen LogP contribution in [0, 0.1) is 5.92 Å². The van der Waals surface area contributed by atoms with Gasteiger partial charge in [-0.1, -0.05) is 13.8 Å². The van der Waals surface area contributed by atoms with Gasteiger partial charge in [-0.25, -0.2) is 4.79 Å². The summed E-state index contributed by atoms with van der Waals surface area (Å²) < 4.78 is 5.74. The number of nitrogens with zero attached hydrogens (tertiary/aromatic N) is 1. The largest absolute Gasteiger partial charge is 0.477 e. The van der Waals surface area contributed by atoms with Crippen LogP contribution in [0.2, 0.25) is 0 Å². The molecule has 0 bridgehead atoms. The maximum atomic E-state index is 12.3. The molecule has 0 saturated carbocycles. The maximum Gasteiger partial charge on any atom is 0.345 e. The number of hydrogen-bond donors (Lipinski definition) is 1. The molecule has 1 N–H and O–H groups in total. The highest BCUT2D eigenvalue weighted by Crippen LogP contribution is 2.22. The molecule has 1 saturated heterocycles. The summed E-state index contributed by atoms with van der Waals surface area (Å²) in [5, 5.41) is 8.87. The lowest BCUT2D eigenvalue weighted by Gasteiger charge is -2.16. The van der Waals surface area contributed by atoms with Crippen LogP contribution in [-0.4, -0.2) is 47.7 Å². The van der Waals surface area contributed by atoms with Crippen molar-refractivity contribution in [3.05, 3.63) is 21.9 Å². The van der Waals surface area contributed by atoms with E-state index in [1.165, 1.54) is 6.07 Å². The van der Waals surface area contributed by atoms with E-state index in [0.717, 1.165) is 17.8 Å². The Morgan fingerprint density at radius 1 is 1.45 bits per heavy atom. The van der Waals surface area contributed by atoms with Crippen molar-refractivity contribution in [1.29, 1.82) is 0 Å². The predicted octanol–water partition coefficient (Wildman–Crippen LogP) is 2.33. The third-order valence-corrected chi connectivity index (χ3v) is 4.19. The van der Waals surface area contributed by atoms with Gasteiger partial charge in [0, 0.05) is 19.7 Å². The zero-order valence-electron chi connectivity index (χ0n) is 11.7. The summed E-state index contributed by atoms with van der Waals surface area (Å²) >= 11 is 1.02. The Morgan fingerprint density at radius 2 is 2.15 bits per heavy atom. The first-order valence-electron chi connectivity index (χ1n) is 6.71. The molecule has 0 aromatic carbocycles. The summed E-state index contributed by atoms with van der Waals surface area (Å²) in [6, 6.07) is 3.06. The van der Waals surface area contributed by atoms with Gasteiger partial charge in [-0.3, -0.25) is 4.79 Å². The molecule has 110 valence electrons. The SMILES string of the molecule is CC(C)CO[C@@H]1CCN(C(=O)c2ccc(C(=O)O)s2)C1. The Kier molecular flexibility index (Phi) is 4.77. The van der Waals surface area contributed by atoms with E-state index in [4.69, 9.17) is 9.84 Å². The lowest BCUT2D eigenvalue weighted by atomic mass is 10.2. The number of carboxylic acid groups (broad SMARTS) is 1. The number of thiophene rings is 1. The summed E-state index contributed by atoms with van der Waals surface area (Å²) in [6.07, 6.45) is 0.940. The van der Waals surface area contributed by atoms with Crippen LogP contribution in [0.3, 0.4) is 0 Å². The van der Waals surface area contributed by atoms with Crippen molar-refractivity contribution in [3.63, 3.8) is 0 Å². The molecule has 0 radical (unpaired) electrons. The number of carboxylic acids is 1. The van der Waals surface area contributed by atoms with E-state index in [1.54, 1.807) is 11.0 Å². The van der Waals surface area contributed by atoms with Gasteiger partial charge in [0.05, 0.1) is 11.0 Å². The molecule has 0 aliphatic carbocycles. The topological polar surface area (TPSA) is 66.8 Å². The van der Waals surface area contributed by atoms with E-state index in [0.29, 0.717) is 30.5 Å². The number of likely N-dealkylation sites (tertiary alicyclic amines) is 1. The van der Waals surface area contributed by atoms with Crippen molar-refractivity contribution in [2.75, 3.05) is 19.7 Å². The van der Waals surface area contributed by atoms with E-state index in [9.17, 15) is 9.59 Å². The molecule has 6 heteroatoms. The molecule has 1 aromatic heterocycles. The lowest BCUT2D eigenvalue weighted by Crippen LogP contribution is -2.29. The Balaban J connectivity index is 1.92. The summed E-state index contributed by atoms with van der Waals surface area (Å²) in [5.41, 5.74) is 0. The van der Waals surface area contributed by atoms with Crippen LogP contribution in [-0.2, 0) is 4.74 Å². The van der Waals surface area contributed by atoms with Gasteiger partial charge in [0.1, 0.15) is 4.88 Å². The monoisotopic (exact) mass is 297 g/mol. The second-order valence-electron chi connectivity index (χ2n) is 5.36. The summed E-state index contributed by atoms with van der Waals surface area (Å²) in [4.78, 5) is 25.5. The van der Waals surface area contributed by atoms with Crippen LogP contribution >= 0.6 is 11.3 Å². The molecule has 0 spiro atoms. The minimum atomic E-state index is -0.992. The van der Waals surface area contributed by atoms with E-state index in [-0.39, 0.29) is 16.9 Å². The smallest absolute Gasteiger partial charge is 0.345 e. The molecule has 1 aromatic rings. The number of carbonyl (C=O) groups excluding carboxylic acids is 1. The third kappa shape index (κ3) is 3.58. The lowest BCUT2D eigenvalue weighted by molar-refractivity contribution is 0.0397. The molecule has 0 unspecified atom stereocenters. The number of amides is 1. The van der Waals surface area contributed by atoms with E-state index in [2.05, 4.69) is 13.8 Å². The van der Waals surface area contributed by atoms with Crippen LogP contribution in [0.25, 0.3) is 0 Å². The van der Waals surface area contributed by atoms with E-state index in [1.807, 2.05) is 0 Å². The van der Waals surface area contributed by atoms with Crippen molar-refractivity contribution in [1.82, 2.24) is 4.90 Å². The van der Waals surface area contributed by atoms with Crippen LogP contribution in [0.1, 0.15) is 39.6 Å². The third-order valence-electron chi connectivity index (χ3n) is 3.13. The fourth-order valence-corrected chi connectivity index (χ4v) is 2.91. The molecule has 1 aliphatic heterocycles. The van der Waals surface area contributed by atoms with Crippen LogP contribution in [0.15, 0.2) is 12.1 Å². The Morgan fingerprint density at radius 3 is 2.75 bits per heavy atom. The van der Waals surface area contributed by atoms with Gasteiger partial charge in [0.15, 0.2) is 0 Å². The molecular weight excluding hydrogens is 278 g/mol. The van der Waals surface area contributed by atoms with Gasteiger partial charge in [0.2, 0.25) is 0 Å². The van der Waals surface area contributed by atoms with Gasteiger partial charge >= 0.3 is 5.97 Å². The standard InChI is InChI=1S/C14H19NO4S/c1-9(2)8-19-10-5-6-15(7-10)13(16)11-3-4-12(20-11)14(17)18/h3-4,9-10H,5-8H2,1-2H3,(H,17,18)/t10-/m1/s1. The van der Waals surface area contributed by atoms with Crippen LogP contribution in [0.5, 0.6) is 0 Å². The molecule has 2 rings (SSSR count). The quantitative estimate of drug-likeness (QED) is 0.906. The summed E-state index contributed by atoms with van der Waals surface area (Å²) in [7, 11) is 0. The number of aromatic carboxylic acids is 1. The molecule has 20 heavy (non-hydrogen) atoms. The van der Waals surface area contributed by atoms with Gasteiger partial charge < -0.3 is 14.7 Å². The number of hydrogen-bond acceptors (Lipinski definition) is 4. The Labute approximate surface area is 122 Å². The minimum Gasteiger partial charge on any atom is -0.477 e. The highest BCUT2D eigenvalue weighted by Gasteiger charge is 2.28. The maximum absolute atomic E-state index is 12.3. The van der Waals surface area contributed by atoms with Crippen LogP contribution in [0.4, 0.5) is 0 Å². The van der Waals surface area contributed by atoms with E-state index < -0.39 is 5.97 Å². The van der Waals surface area contributed by atoms with Crippen molar-refractivity contribution < 1.29 is 19.4 Å². The van der Waals surface area contributed by atoms with Crippen molar-refractivity contribution >= 4 is 23.2 Å². The predicted molar refractivity (Wildman–Crippen MR) is 76.4 cm³/mol. The Bertz CT molecular complexity index is 497. The van der Waals surface area contributed by atoms with Crippen molar-refractivity contribution in [2.45, 2.75) is 26.4 Å². The first kappa shape index (κ1) is 15.0. The first-order chi connectivity index (χ1) is 9.47. The number of carbonyl (C=O) groups is 2. The van der Waals surface area contributed by atoms with Gasteiger partial charge in [-0.15, -0.1) is 11.3 Å². The minimum absolute atomic E-state index is 0.0975. The zero-order chi connectivity index (χ0) is 14.7. The molecule has 2 heterocycles. The molecule has 1 fully saturated rings. The van der Waals surface area contributed by atoms with Crippen molar-refractivity contribution in [2.24, 2.45) is 5.92 Å². The second kappa shape index (κ2) is 6.37. The number of rotatable bonds is 5. The average Bonchev–Trinajstić information content (AvgIpc) is 3.05. The van der Waals surface area contributed by atoms with Gasteiger partial charge in [0.25, 0.3) is 5.91 Å². The molecular formula is C14H19NO4S. The zero-order valence-corrected chi connectivity index (χ0v) is 12.5. The highest BCUT2D eigenvalue weighted by molar-refractivity contribution is 7.15.